The largest absolute Gasteiger partial charge is 0.481 e. The second kappa shape index (κ2) is 11.9. The first-order chi connectivity index (χ1) is 11.2. The van der Waals surface area contributed by atoms with Crippen molar-refractivity contribution in [1.29, 1.82) is 0 Å². The number of carboxylic acids is 1. The van der Waals surface area contributed by atoms with E-state index < -0.39 is 11.9 Å². The smallest absolute Gasteiger partial charge is 0.314 e. The summed E-state index contributed by atoms with van der Waals surface area (Å²) in [6, 6.07) is 8.74. The fourth-order valence-electron chi connectivity index (χ4n) is 2.83. The van der Waals surface area contributed by atoms with E-state index in [1.807, 2.05) is 6.07 Å². The Kier molecular flexibility index (Phi) is 10.0. The van der Waals surface area contributed by atoms with Gasteiger partial charge in [0.05, 0.1) is 0 Å². The van der Waals surface area contributed by atoms with Gasteiger partial charge in [-0.3, -0.25) is 9.59 Å². The van der Waals surface area contributed by atoms with Crippen LogP contribution in [-0.4, -0.2) is 16.9 Å². The van der Waals surface area contributed by atoms with Crippen molar-refractivity contribution in [2.75, 3.05) is 0 Å². The first-order valence-electron chi connectivity index (χ1n) is 8.99. The fourth-order valence-corrected chi connectivity index (χ4v) is 2.83. The average Bonchev–Trinajstić information content (AvgIpc) is 2.56. The normalized spacial score (nSPS) is 12.0. The lowest BCUT2D eigenvalue weighted by Crippen LogP contribution is -2.23. The highest BCUT2D eigenvalue weighted by molar-refractivity contribution is 6.08. The molecule has 1 aromatic carbocycles. The maximum atomic E-state index is 12.3. The van der Waals surface area contributed by atoms with Crippen LogP contribution in [-0.2, 0) is 4.79 Å². The minimum atomic E-state index is -1.00. The van der Waals surface area contributed by atoms with Gasteiger partial charge in [-0.15, -0.1) is 0 Å². The SMILES string of the molecule is CCCCCCCCCCCC(C(=O)O)C(=O)c1ccccc1. The van der Waals surface area contributed by atoms with Crippen molar-refractivity contribution >= 4 is 11.8 Å². The summed E-state index contributed by atoms with van der Waals surface area (Å²) in [6.07, 6.45) is 11.1. The number of rotatable bonds is 13. The molecule has 0 radical (unpaired) electrons. The Bertz CT molecular complexity index is 453. The minimum Gasteiger partial charge on any atom is -0.481 e. The van der Waals surface area contributed by atoms with E-state index in [1.54, 1.807) is 24.3 Å². The standard InChI is InChI=1S/C20H30O3/c1-2-3-4-5-6-7-8-9-13-16-18(20(22)23)19(21)17-14-11-10-12-15-17/h10-12,14-15,18H,2-9,13,16H2,1H3,(H,22,23). The molecule has 1 aromatic rings. The van der Waals surface area contributed by atoms with Crippen LogP contribution < -0.4 is 0 Å². The van der Waals surface area contributed by atoms with Gasteiger partial charge in [0.2, 0.25) is 0 Å². The monoisotopic (exact) mass is 318 g/mol. The topological polar surface area (TPSA) is 54.4 Å². The van der Waals surface area contributed by atoms with Crippen LogP contribution >= 0.6 is 0 Å². The highest BCUT2D eigenvalue weighted by Crippen LogP contribution is 2.18. The number of carboxylic acid groups (broad SMARTS) is 1. The zero-order valence-electron chi connectivity index (χ0n) is 14.3. The third-order valence-electron chi connectivity index (χ3n) is 4.27. The lowest BCUT2D eigenvalue weighted by Gasteiger charge is -2.11. The number of aliphatic carboxylic acids is 1. The first-order valence-corrected chi connectivity index (χ1v) is 8.99. The number of carbonyl (C=O) groups excluding carboxylic acids is 1. The molecule has 0 aliphatic rings. The molecule has 1 N–H and O–H groups in total. The van der Waals surface area contributed by atoms with Crippen LogP contribution in [0.15, 0.2) is 30.3 Å². The molecular weight excluding hydrogens is 288 g/mol. The fraction of sp³-hybridized carbons (Fsp3) is 0.600. The second-order valence-corrected chi connectivity index (χ2v) is 6.24. The predicted molar refractivity (Wildman–Crippen MR) is 93.7 cm³/mol. The van der Waals surface area contributed by atoms with Gasteiger partial charge in [0, 0.05) is 5.56 Å². The molecule has 0 bridgehead atoms. The molecule has 0 heterocycles. The Balaban J connectivity index is 2.24. The van der Waals surface area contributed by atoms with Crippen molar-refractivity contribution in [3.63, 3.8) is 0 Å². The van der Waals surface area contributed by atoms with Crippen LogP contribution in [0, 0.1) is 5.92 Å². The molecular formula is C20H30O3. The highest BCUT2D eigenvalue weighted by atomic mass is 16.4. The third kappa shape index (κ3) is 7.96. The Morgan fingerprint density at radius 3 is 1.91 bits per heavy atom. The van der Waals surface area contributed by atoms with Gasteiger partial charge < -0.3 is 5.11 Å². The van der Waals surface area contributed by atoms with Crippen LogP contribution in [0.25, 0.3) is 0 Å². The molecule has 0 saturated heterocycles. The highest BCUT2D eigenvalue weighted by Gasteiger charge is 2.26. The third-order valence-corrected chi connectivity index (χ3v) is 4.27. The summed E-state index contributed by atoms with van der Waals surface area (Å²) in [5, 5.41) is 9.31. The van der Waals surface area contributed by atoms with Gasteiger partial charge >= 0.3 is 5.97 Å². The van der Waals surface area contributed by atoms with Gasteiger partial charge in [-0.2, -0.15) is 0 Å². The molecule has 0 aromatic heterocycles. The zero-order valence-corrected chi connectivity index (χ0v) is 14.3. The van der Waals surface area contributed by atoms with Gasteiger partial charge in [-0.05, 0) is 6.42 Å². The molecule has 0 aliphatic carbocycles. The van der Waals surface area contributed by atoms with Crippen LogP contribution in [0.1, 0.15) is 81.5 Å². The summed E-state index contributed by atoms with van der Waals surface area (Å²) in [4.78, 5) is 23.6. The van der Waals surface area contributed by atoms with Gasteiger partial charge in [0.15, 0.2) is 5.78 Å². The molecule has 128 valence electrons. The van der Waals surface area contributed by atoms with Crippen LogP contribution in [0.3, 0.4) is 0 Å². The maximum Gasteiger partial charge on any atom is 0.314 e. The van der Waals surface area contributed by atoms with Crippen molar-refractivity contribution in [3.8, 4) is 0 Å². The van der Waals surface area contributed by atoms with Gasteiger partial charge in [0.1, 0.15) is 5.92 Å². The molecule has 23 heavy (non-hydrogen) atoms. The molecule has 0 aliphatic heterocycles. The Hall–Kier alpha value is -1.64. The molecule has 3 nitrogen and oxygen atoms in total. The maximum absolute atomic E-state index is 12.3. The van der Waals surface area contributed by atoms with Crippen molar-refractivity contribution in [2.45, 2.75) is 71.1 Å². The summed E-state index contributed by atoms with van der Waals surface area (Å²) in [6.45, 7) is 2.22. The summed E-state index contributed by atoms with van der Waals surface area (Å²) < 4.78 is 0. The Morgan fingerprint density at radius 1 is 0.870 bits per heavy atom. The van der Waals surface area contributed by atoms with E-state index in [4.69, 9.17) is 0 Å². The van der Waals surface area contributed by atoms with Crippen LogP contribution in [0.2, 0.25) is 0 Å². The van der Waals surface area contributed by atoms with Crippen molar-refractivity contribution in [3.05, 3.63) is 35.9 Å². The molecule has 3 heteroatoms. The second-order valence-electron chi connectivity index (χ2n) is 6.24. The van der Waals surface area contributed by atoms with Crippen LogP contribution in [0.4, 0.5) is 0 Å². The van der Waals surface area contributed by atoms with E-state index in [-0.39, 0.29) is 5.78 Å². The zero-order chi connectivity index (χ0) is 16.9. The number of ketones is 1. The quantitative estimate of drug-likeness (QED) is 0.297. The van der Waals surface area contributed by atoms with Crippen LogP contribution in [0.5, 0.6) is 0 Å². The Morgan fingerprint density at radius 2 is 1.39 bits per heavy atom. The molecule has 0 amide bonds. The average molecular weight is 318 g/mol. The van der Waals surface area contributed by atoms with E-state index in [2.05, 4.69) is 6.92 Å². The number of unbranched alkanes of at least 4 members (excludes halogenated alkanes) is 8. The molecule has 0 fully saturated rings. The number of Topliss-reactive ketones (excluding diaryl/α,β-unsaturated/α-hetero) is 1. The van der Waals surface area contributed by atoms with Crippen molar-refractivity contribution in [1.82, 2.24) is 0 Å². The van der Waals surface area contributed by atoms with Crippen molar-refractivity contribution in [2.24, 2.45) is 5.92 Å². The lowest BCUT2D eigenvalue weighted by molar-refractivity contribution is -0.140. The van der Waals surface area contributed by atoms with E-state index in [1.165, 1.54) is 38.5 Å². The molecule has 1 rings (SSSR count). The minimum absolute atomic E-state index is 0.266. The van der Waals surface area contributed by atoms with E-state index in [9.17, 15) is 14.7 Å². The van der Waals surface area contributed by atoms with Crippen molar-refractivity contribution < 1.29 is 14.7 Å². The van der Waals surface area contributed by atoms with E-state index in [0.29, 0.717) is 12.0 Å². The number of carbonyl (C=O) groups is 2. The van der Waals surface area contributed by atoms with Gasteiger partial charge in [-0.25, -0.2) is 0 Å². The number of benzene rings is 1. The van der Waals surface area contributed by atoms with E-state index >= 15 is 0 Å². The lowest BCUT2D eigenvalue weighted by atomic mass is 9.92. The predicted octanol–water partition coefficient (Wildman–Crippen LogP) is 5.49. The van der Waals surface area contributed by atoms with E-state index in [0.717, 1.165) is 19.3 Å². The molecule has 0 spiro atoms. The summed E-state index contributed by atoms with van der Waals surface area (Å²) in [5.74, 6) is -2.17. The first kappa shape index (κ1) is 19.4. The summed E-state index contributed by atoms with van der Waals surface area (Å²) in [5.41, 5.74) is 0.496. The molecule has 1 atom stereocenters. The summed E-state index contributed by atoms with van der Waals surface area (Å²) >= 11 is 0. The number of hydrogen-bond donors (Lipinski definition) is 1. The molecule has 1 unspecified atom stereocenters. The van der Waals surface area contributed by atoms with Gasteiger partial charge in [0.25, 0.3) is 0 Å². The number of hydrogen-bond acceptors (Lipinski definition) is 2. The van der Waals surface area contributed by atoms with Gasteiger partial charge in [-0.1, -0.05) is 95.0 Å². The Labute approximate surface area is 140 Å². The summed E-state index contributed by atoms with van der Waals surface area (Å²) in [7, 11) is 0. The molecule has 0 saturated carbocycles.